The van der Waals surface area contributed by atoms with Crippen molar-refractivity contribution in [1.82, 2.24) is 0 Å². The molecule has 2 rings (SSSR count). The van der Waals surface area contributed by atoms with E-state index in [9.17, 15) is 14.7 Å². The number of ether oxygens (including phenoxy) is 1. The summed E-state index contributed by atoms with van der Waals surface area (Å²) < 4.78 is 5.20. The summed E-state index contributed by atoms with van der Waals surface area (Å²) in [4.78, 5) is 24.1. The van der Waals surface area contributed by atoms with Gasteiger partial charge in [-0.05, 0) is 31.2 Å². The Kier molecular flexibility index (Phi) is 5.65. The molecule has 2 aromatic rings. The van der Waals surface area contributed by atoms with Crippen molar-refractivity contribution in [3.05, 3.63) is 54.1 Å². The number of hydrogen-bond donors (Lipinski definition) is 2. The number of carbonyl (C=O) groups excluding carboxylic acids is 1. The van der Waals surface area contributed by atoms with Crippen LogP contribution in [0.15, 0.2) is 53.4 Å². The average molecular weight is 331 g/mol. The summed E-state index contributed by atoms with van der Waals surface area (Å²) in [6.45, 7) is 1.73. The van der Waals surface area contributed by atoms with E-state index in [2.05, 4.69) is 5.32 Å². The van der Waals surface area contributed by atoms with E-state index in [0.29, 0.717) is 16.3 Å². The van der Waals surface area contributed by atoms with Crippen LogP contribution < -0.4 is 10.1 Å². The van der Waals surface area contributed by atoms with Crippen LogP contribution in [0.4, 0.5) is 5.69 Å². The van der Waals surface area contributed by atoms with Gasteiger partial charge in [0.2, 0.25) is 5.91 Å². The predicted molar refractivity (Wildman–Crippen MR) is 90.3 cm³/mol. The van der Waals surface area contributed by atoms with Gasteiger partial charge in [-0.25, -0.2) is 4.79 Å². The minimum atomic E-state index is -1.01. The Labute approximate surface area is 138 Å². The summed E-state index contributed by atoms with van der Waals surface area (Å²) in [7, 11) is 1.53. The Morgan fingerprint density at radius 2 is 1.78 bits per heavy atom. The number of carboxylic acid groups (broad SMARTS) is 1. The van der Waals surface area contributed by atoms with Crippen molar-refractivity contribution in [2.75, 3.05) is 12.4 Å². The molecule has 6 heteroatoms. The smallest absolute Gasteiger partial charge is 0.336 e. The SMILES string of the molecule is COc1ccccc1NC(=O)C(C)Sc1ccccc1C(=O)O. The highest BCUT2D eigenvalue weighted by Gasteiger charge is 2.19. The quantitative estimate of drug-likeness (QED) is 0.792. The number of carboxylic acids is 1. The Morgan fingerprint density at radius 3 is 2.48 bits per heavy atom. The molecule has 0 saturated heterocycles. The maximum atomic E-state index is 12.3. The van der Waals surface area contributed by atoms with Crippen molar-refractivity contribution in [2.45, 2.75) is 17.1 Å². The summed E-state index contributed by atoms with van der Waals surface area (Å²) in [5.74, 6) is -0.658. The molecule has 0 spiro atoms. The molecule has 1 atom stereocenters. The van der Waals surface area contributed by atoms with Crippen LogP contribution in [0.25, 0.3) is 0 Å². The van der Waals surface area contributed by atoms with Gasteiger partial charge >= 0.3 is 5.97 Å². The van der Waals surface area contributed by atoms with Gasteiger partial charge in [0.25, 0.3) is 0 Å². The molecule has 1 amide bonds. The van der Waals surface area contributed by atoms with Crippen LogP contribution in [0.5, 0.6) is 5.75 Å². The molecule has 23 heavy (non-hydrogen) atoms. The van der Waals surface area contributed by atoms with Crippen LogP contribution in [0, 0.1) is 0 Å². The van der Waals surface area contributed by atoms with Gasteiger partial charge in [0, 0.05) is 4.90 Å². The van der Waals surface area contributed by atoms with Crippen molar-refractivity contribution in [3.63, 3.8) is 0 Å². The summed E-state index contributed by atoms with van der Waals surface area (Å²) in [6, 6.07) is 13.8. The van der Waals surface area contributed by atoms with Gasteiger partial charge in [-0.2, -0.15) is 0 Å². The molecule has 2 aromatic carbocycles. The first kappa shape index (κ1) is 16.9. The van der Waals surface area contributed by atoms with Crippen molar-refractivity contribution in [3.8, 4) is 5.75 Å². The molecule has 5 nitrogen and oxygen atoms in total. The monoisotopic (exact) mass is 331 g/mol. The first-order valence-corrected chi connectivity index (χ1v) is 7.83. The molecule has 0 radical (unpaired) electrons. The van der Waals surface area contributed by atoms with Crippen molar-refractivity contribution >= 4 is 29.3 Å². The van der Waals surface area contributed by atoms with Crippen LogP contribution in [0.1, 0.15) is 17.3 Å². The Balaban J connectivity index is 2.10. The Bertz CT molecular complexity index is 717. The molecule has 1 unspecified atom stereocenters. The zero-order valence-electron chi connectivity index (χ0n) is 12.8. The first-order valence-electron chi connectivity index (χ1n) is 6.95. The zero-order chi connectivity index (χ0) is 16.8. The van der Waals surface area contributed by atoms with Crippen LogP contribution in [0.2, 0.25) is 0 Å². The highest BCUT2D eigenvalue weighted by molar-refractivity contribution is 8.00. The van der Waals surface area contributed by atoms with E-state index in [4.69, 9.17) is 4.74 Å². The molecule has 120 valence electrons. The number of hydrogen-bond acceptors (Lipinski definition) is 4. The fourth-order valence-electron chi connectivity index (χ4n) is 1.97. The molecule has 0 aliphatic heterocycles. The second-order valence-corrected chi connectivity index (χ2v) is 6.13. The van der Waals surface area contributed by atoms with Crippen molar-refractivity contribution < 1.29 is 19.4 Å². The highest BCUT2D eigenvalue weighted by atomic mass is 32.2. The molecule has 2 N–H and O–H groups in total. The molecular weight excluding hydrogens is 314 g/mol. The fraction of sp³-hybridized carbons (Fsp3) is 0.176. The lowest BCUT2D eigenvalue weighted by molar-refractivity contribution is -0.115. The number of rotatable bonds is 6. The lowest BCUT2D eigenvalue weighted by atomic mass is 10.2. The molecular formula is C17H17NO4S. The van der Waals surface area contributed by atoms with Crippen LogP contribution >= 0.6 is 11.8 Å². The van der Waals surface area contributed by atoms with E-state index in [1.54, 1.807) is 43.3 Å². The number of methoxy groups -OCH3 is 1. The van der Waals surface area contributed by atoms with E-state index in [1.165, 1.54) is 24.9 Å². The fourth-order valence-corrected chi connectivity index (χ4v) is 2.96. The third-order valence-electron chi connectivity index (χ3n) is 3.16. The maximum Gasteiger partial charge on any atom is 0.336 e. The van der Waals surface area contributed by atoms with Gasteiger partial charge in [-0.1, -0.05) is 24.3 Å². The van der Waals surface area contributed by atoms with E-state index >= 15 is 0 Å². The molecule has 0 aliphatic carbocycles. The van der Waals surface area contributed by atoms with Crippen LogP contribution in [0.3, 0.4) is 0 Å². The van der Waals surface area contributed by atoms with Crippen molar-refractivity contribution in [2.24, 2.45) is 0 Å². The zero-order valence-corrected chi connectivity index (χ0v) is 13.6. The summed E-state index contributed by atoms with van der Waals surface area (Å²) in [5.41, 5.74) is 0.772. The molecule has 0 saturated carbocycles. The standard InChI is InChI=1S/C17H17NO4S/c1-11(23-15-10-6-3-7-12(15)17(20)21)16(19)18-13-8-4-5-9-14(13)22-2/h3-11H,1-2H3,(H,18,19)(H,20,21). The van der Waals surface area contributed by atoms with Gasteiger partial charge in [0.15, 0.2) is 0 Å². The molecule has 0 bridgehead atoms. The van der Waals surface area contributed by atoms with Gasteiger partial charge in [-0.15, -0.1) is 11.8 Å². The number of benzene rings is 2. The second kappa shape index (κ2) is 7.69. The average Bonchev–Trinajstić information content (AvgIpc) is 2.55. The Morgan fingerprint density at radius 1 is 1.13 bits per heavy atom. The molecule has 0 heterocycles. The minimum absolute atomic E-state index is 0.189. The van der Waals surface area contributed by atoms with E-state index in [1.807, 2.05) is 6.07 Å². The first-order chi connectivity index (χ1) is 11.0. The lowest BCUT2D eigenvalue weighted by Gasteiger charge is -2.15. The summed E-state index contributed by atoms with van der Waals surface area (Å²) >= 11 is 1.21. The Hall–Kier alpha value is -2.47. The third-order valence-corrected chi connectivity index (χ3v) is 4.33. The molecule has 0 fully saturated rings. The molecule has 0 aromatic heterocycles. The van der Waals surface area contributed by atoms with Gasteiger partial charge in [-0.3, -0.25) is 4.79 Å². The number of carbonyl (C=O) groups is 2. The second-order valence-electron chi connectivity index (χ2n) is 4.75. The number of anilines is 1. The van der Waals surface area contributed by atoms with Gasteiger partial charge in [0.05, 0.1) is 23.6 Å². The summed E-state index contributed by atoms with van der Waals surface area (Å²) in [6.07, 6.45) is 0. The summed E-state index contributed by atoms with van der Waals surface area (Å²) in [5, 5.41) is 11.5. The normalized spacial score (nSPS) is 11.6. The topological polar surface area (TPSA) is 75.6 Å². The number of amides is 1. The molecule has 0 aliphatic rings. The number of nitrogens with one attached hydrogen (secondary N) is 1. The largest absolute Gasteiger partial charge is 0.495 e. The van der Waals surface area contributed by atoms with Gasteiger partial charge < -0.3 is 15.2 Å². The third kappa shape index (κ3) is 4.26. The van der Waals surface area contributed by atoms with Gasteiger partial charge in [0.1, 0.15) is 5.75 Å². The van der Waals surface area contributed by atoms with E-state index in [-0.39, 0.29) is 11.5 Å². The maximum absolute atomic E-state index is 12.3. The van der Waals surface area contributed by atoms with E-state index in [0.717, 1.165) is 0 Å². The van der Waals surface area contributed by atoms with Crippen LogP contribution in [-0.4, -0.2) is 29.3 Å². The lowest BCUT2D eigenvalue weighted by Crippen LogP contribution is -2.23. The van der Waals surface area contributed by atoms with E-state index < -0.39 is 11.2 Å². The van der Waals surface area contributed by atoms with Crippen molar-refractivity contribution in [1.29, 1.82) is 0 Å². The number of para-hydroxylation sites is 2. The highest BCUT2D eigenvalue weighted by Crippen LogP contribution is 2.29. The number of aromatic carboxylic acids is 1. The predicted octanol–water partition coefficient (Wildman–Crippen LogP) is 3.51. The van der Waals surface area contributed by atoms with Crippen LogP contribution in [-0.2, 0) is 4.79 Å². The number of thioether (sulfide) groups is 1. The minimum Gasteiger partial charge on any atom is -0.495 e.